The first-order valence-electron chi connectivity index (χ1n) is 14.0. The molecule has 1 aliphatic carbocycles. The Labute approximate surface area is 241 Å². The van der Waals surface area contributed by atoms with E-state index in [4.69, 9.17) is 9.57 Å². The van der Waals surface area contributed by atoms with Crippen LogP contribution in [0.25, 0.3) is 10.9 Å². The summed E-state index contributed by atoms with van der Waals surface area (Å²) in [6, 6.07) is 9.62. The molecule has 2 aromatic carbocycles. The number of carboxylic acids is 1. The zero-order chi connectivity index (χ0) is 30.3. The quantitative estimate of drug-likeness (QED) is 0.175. The molecule has 2 heterocycles. The summed E-state index contributed by atoms with van der Waals surface area (Å²) < 4.78 is 5.39. The summed E-state index contributed by atoms with van der Waals surface area (Å²) in [7, 11) is 0. The highest BCUT2D eigenvalue weighted by Gasteiger charge is 2.49. The zero-order valence-corrected chi connectivity index (χ0v) is 23.3. The van der Waals surface area contributed by atoms with Gasteiger partial charge in [0, 0.05) is 17.5 Å². The Bertz CT molecular complexity index is 1490. The van der Waals surface area contributed by atoms with E-state index in [0.717, 1.165) is 24.0 Å². The molecule has 1 aromatic heterocycles. The van der Waals surface area contributed by atoms with Crippen LogP contribution in [0.15, 0.2) is 41.2 Å². The SMILES string of the molecule is CCc1cc2c(cc1CC)CC(N(C[C@H](O)c1ccc(O)c3[nH]c(=O)ccc13)O[C@@H]1O[C@H](C(=O)O)[C@@H](O)[C@H](O)[C@H]1O)C2. The van der Waals surface area contributed by atoms with Crippen molar-refractivity contribution in [2.45, 2.75) is 82.4 Å². The summed E-state index contributed by atoms with van der Waals surface area (Å²) in [5.74, 6) is -1.70. The van der Waals surface area contributed by atoms with Crippen molar-refractivity contribution in [3.05, 3.63) is 74.6 Å². The summed E-state index contributed by atoms with van der Waals surface area (Å²) in [5.41, 5.74) is 4.80. The molecule has 0 radical (unpaired) electrons. The van der Waals surface area contributed by atoms with Crippen LogP contribution < -0.4 is 5.56 Å². The van der Waals surface area contributed by atoms with Crippen LogP contribution in [0.3, 0.4) is 0 Å². The van der Waals surface area contributed by atoms with E-state index in [9.17, 15) is 40.2 Å². The molecule has 12 heteroatoms. The summed E-state index contributed by atoms with van der Waals surface area (Å²) in [6.07, 6.45) is -7.46. The standard InChI is InChI=1S/C30H36N2O10/c1-3-14-9-16-11-18(12-17(16)10-15(14)4-2)32(42-30-27(38)25(36)26(37)28(41-30)29(39)40)13-22(34)19-5-7-21(33)24-20(19)6-8-23(35)31-24/h5-10,18,22,25-28,30,33-34,36-38H,3-4,11-13H2,1-2H3,(H,31,35)(H,39,40)/t22-,25-,26-,27+,28-,30-/m0/s1. The smallest absolute Gasteiger partial charge is 0.335 e. The molecule has 0 spiro atoms. The van der Waals surface area contributed by atoms with E-state index < -0.39 is 48.3 Å². The molecule has 0 unspecified atom stereocenters. The molecule has 7 N–H and O–H groups in total. The Morgan fingerprint density at radius 2 is 1.67 bits per heavy atom. The minimum absolute atomic E-state index is 0.159. The molecule has 1 saturated heterocycles. The first kappa shape index (κ1) is 30.1. The van der Waals surface area contributed by atoms with E-state index in [2.05, 4.69) is 31.0 Å². The predicted octanol–water partition coefficient (Wildman–Crippen LogP) is 0.685. The summed E-state index contributed by atoms with van der Waals surface area (Å²) in [5, 5.41) is 64.2. The summed E-state index contributed by atoms with van der Waals surface area (Å²) in [6.45, 7) is 4.01. The van der Waals surface area contributed by atoms with Gasteiger partial charge >= 0.3 is 5.97 Å². The van der Waals surface area contributed by atoms with Crippen molar-refractivity contribution in [1.29, 1.82) is 0 Å². The van der Waals surface area contributed by atoms with Crippen molar-refractivity contribution >= 4 is 16.9 Å². The molecule has 42 heavy (non-hydrogen) atoms. The fraction of sp³-hybridized carbons (Fsp3) is 0.467. The number of carbonyl (C=O) groups is 1. The van der Waals surface area contributed by atoms with Gasteiger partial charge in [-0.1, -0.05) is 32.0 Å². The largest absolute Gasteiger partial charge is 0.506 e. The van der Waals surface area contributed by atoms with Gasteiger partial charge in [-0.25, -0.2) is 4.79 Å². The molecular formula is C30H36N2O10. The third-order valence-corrected chi connectivity index (χ3v) is 8.27. The van der Waals surface area contributed by atoms with Gasteiger partial charge in [0.25, 0.3) is 0 Å². The van der Waals surface area contributed by atoms with Crippen molar-refractivity contribution in [3.8, 4) is 5.75 Å². The van der Waals surface area contributed by atoms with Gasteiger partial charge < -0.3 is 40.4 Å². The predicted molar refractivity (Wildman–Crippen MR) is 150 cm³/mol. The number of rotatable bonds is 9. The Morgan fingerprint density at radius 3 is 2.26 bits per heavy atom. The molecule has 5 rings (SSSR count). The lowest BCUT2D eigenvalue weighted by molar-refractivity contribution is -0.366. The molecule has 0 amide bonds. The number of hydrogen-bond acceptors (Lipinski definition) is 10. The molecule has 2 aliphatic rings. The Balaban J connectivity index is 1.48. The molecule has 12 nitrogen and oxygen atoms in total. The van der Waals surface area contributed by atoms with E-state index in [1.54, 1.807) is 0 Å². The number of phenols is 1. The van der Waals surface area contributed by atoms with Gasteiger partial charge in [-0.3, -0.25) is 9.63 Å². The number of nitrogens with one attached hydrogen (secondary N) is 1. The number of aliphatic carboxylic acids is 1. The molecule has 6 atom stereocenters. The number of aryl methyl sites for hydroxylation is 2. The van der Waals surface area contributed by atoms with E-state index >= 15 is 0 Å². The Kier molecular flexibility index (Phi) is 8.67. The highest BCUT2D eigenvalue weighted by Crippen LogP contribution is 2.34. The number of aliphatic hydroxyl groups is 4. The number of pyridine rings is 1. The lowest BCUT2D eigenvalue weighted by Gasteiger charge is -2.41. The number of ether oxygens (including phenoxy) is 1. The van der Waals surface area contributed by atoms with Crippen LogP contribution in [0.4, 0.5) is 0 Å². The number of aromatic amines is 1. The van der Waals surface area contributed by atoms with Crippen LogP contribution in [0.2, 0.25) is 0 Å². The third-order valence-electron chi connectivity index (χ3n) is 8.27. The number of benzene rings is 2. The van der Waals surface area contributed by atoms with Gasteiger partial charge in [0.15, 0.2) is 6.10 Å². The van der Waals surface area contributed by atoms with Crippen molar-refractivity contribution in [2.75, 3.05) is 6.54 Å². The van der Waals surface area contributed by atoms with Crippen molar-refractivity contribution in [1.82, 2.24) is 10.0 Å². The van der Waals surface area contributed by atoms with Gasteiger partial charge in [-0.15, -0.1) is 0 Å². The summed E-state index contributed by atoms with van der Waals surface area (Å²) >= 11 is 0. The monoisotopic (exact) mass is 584 g/mol. The average Bonchev–Trinajstić information content (AvgIpc) is 3.39. The minimum atomic E-state index is -1.88. The van der Waals surface area contributed by atoms with E-state index in [-0.39, 0.29) is 23.9 Å². The van der Waals surface area contributed by atoms with Gasteiger partial charge in [-0.05, 0) is 65.6 Å². The Hall–Kier alpha value is -3.36. The van der Waals surface area contributed by atoms with Gasteiger partial charge in [0.05, 0.1) is 18.2 Å². The number of aliphatic hydroxyl groups excluding tert-OH is 4. The van der Waals surface area contributed by atoms with E-state index in [1.807, 2.05) is 0 Å². The van der Waals surface area contributed by atoms with Crippen LogP contribution in [-0.4, -0.2) is 89.9 Å². The number of hydroxylamine groups is 2. The molecule has 3 aromatic rings. The first-order chi connectivity index (χ1) is 20.0. The topological polar surface area (TPSA) is 193 Å². The molecule has 1 fully saturated rings. The molecule has 0 bridgehead atoms. The number of hydrogen-bond donors (Lipinski definition) is 7. The van der Waals surface area contributed by atoms with Gasteiger partial charge in [0.2, 0.25) is 11.8 Å². The number of aromatic nitrogens is 1. The molecule has 226 valence electrons. The number of carboxylic acid groups (broad SMARTS) is 1. The number of fused-ring (bicyclic) bond motifs is 2. The van der Waals surface area contributed by atoms with Gasteiger partial charge in [0.1, 0.15) is 24.1 Å². The second-order valence-electron chi connectivity index (χ2n) is 10.9. The maximum absolute atomic E-state index is 11.9. The first-order valence-corrected chi connectivity index (χ1v) is 14.0. The molecule has 0 saturated carbocycles. The number of H-pyrrole nitrogens is 1. The van der Waals surface area contributed by atoms with E-state index in [1.165, 1.54) is 40.5 Å². The molecular weight excluding hydrogens is 548 g/mol. The average molecular weight is 585 g/mol. The number of nitrogens with zero attached hydrogens (tertiary/aromatic N) is 1. The highest BCUT2D eigenvalue weighted by molar-refractivity contribution is 5.87. The van der Waals surface area contributed by atoms with Crippen LogP contribution >= 0.6 is 0 Å². The van der Waals surface area contributed by atoms with Crippen molar-refractivity contribution < 1.29 is 45.0 Å². The lowest BCUT2D eigenvalue weighted by atomic mass is 9.97. The summed E-state index contributed by atoms with van der Waals surface area (Å²) in [4.78, 5) is 32.2. The van der Waals surface area contributed by atoms with Crippen LogP contribution in [0.5, 0.6) is 5.75 Å². The highest BCUT2D eigenvalue weighted by atomic mass is 16.8. The maximum Gasteiger partial charge on any atom is 0.335 e. The van der Waals surface area contributed by atoms with Crippen LogP contribution in [0.1, 0.15) is 47.8 Å². The van der Waals surface area contributed by atoms with Crippen molar-refractivity contribution in [2.24, 2.45) is 0 Å². The maximum atomic E-state index is 11.9. The lowest BCUT2D eigenvalue weighted by Crippen LogP contribution is -2.61. The van der Waals surface area contributed by atoms with Gasteiger partial charge in [-0.2, -0.15) is 5.06 Å². The number of aromatic hydroxyl groups is 1. The van der Waals surface area contributed by atoms with Crippen LogP contribution in [0, 0.1) is 0 Å². The molecule has 1 aliphatic heterocycles. The normalized spacial score (nSPS) is 25.2. The van der Waals surface area contributed by atoms with Crippen LogP contribution in [-0.2, 0) is 40.1 Å². The minimum Gasteiger partial charge on any atom is -0.506 e. The second-order valence-corrected chi connectivity index (χ2v) is 10.9. The van der Waals surface area contributed by atoms with Crippen molar-refractivity contribution in [3.63, 3.8) is 0 Å². The fourth-order valence-electron chi connectivity index (χ4n) is 5.98. The fourth-order valence-corrected chi connectivity index (χ4v) is 5.98. The zero-order valence-electron chi connectivity index (χ0n) is 23.3. The third kappa shape index (κ3) is 5.66. The second kappa shape index (κ2) is 12.1. The Morgan fingerprint density at radius 1 is 1.02 bits per heavy atom. The number of phenolic OH excluding ortho intramolecular Hbond substituents is 1. The van der Waals surface area contributed by atoms with E-state index in [0.29, 0.717) is 23.8 Å².